The first-order valence-electron chi connectivity index (χ1n) is 3.96. The Balaban J connectivity index is 2.91. The Morgan fingerprint density at radius 3 is 2.93 bits per heavy atom. The van der Waals surface area contributed by atoms with Gasteiger partial charge in [-0.1, -0.05) is 0 Å². The number of carbonyl (C=O) groups is 1. The van der Waals surface area contributed by atoms with E-state index in [2.05, 4.69) is 21.2 Å². The molecule has 0 unspecified atom stereocenters. The molecule has 0 aromatic carbocycles. The predicted molar refractivity (Wildman–Crippen MR) is 54.1 cm³/mol. The van der Waals surface area contributed by atoms with E-state index >= 15 is 0 Å². The van der Waals surface area contributed by atoms with Gasteiger partial charge in [-0.2, -0.15) is 0 Å². The average Bonchev–Trinajstić information content (AvgIpc) is 2.19. The lowest BCUT2D eigenvalue weighted by molar-refractivity contribution is -0.138. The summed E-state index contributed by atoms with van der Waals surface area (Å²) in [5, 5.41) is 2.60. The maximum absolute atomic E-state index is 11.3. The second-order valence-electron chi connectivity index (χ2n) is 2.42. The fraction of sp³-hybridized carbons (Fsp3) is 0.222. The fourth-order valence-corrected chi connectivity index (χ4v) is 1.28. The van der Waals surface area contributed by atoms with Gasteiger partial charge >= 0.3 is 5.97 Å². The molecule has 0 amide bonds. The molecular weight excluding hydrogens is 250 g/mol. The molecule has 0 aromatic heterocycles. The maximum atomic E-state index is 11.3. The molecule has 1 rings (SSSR count). The minimum Gasteiger partial charge on any atom is -0.461 e. The van der Waals surface area contributed by atoms with E-state index in [1.807, 2.05) is 0 Å². The molecule has 0 saturated carbocycles. The Morgan fingerprint density at radius 2 is 2.36 bits per heavy atom. The Morgan fingerprint density at radius 1 is 1.64 bits per heavy atom. The van der Waals surface area contributed by atoms with Gasteiger partial charge in [0.05, 0.1) is 6.61 Å². The molecule has 0 saturated heterocycles. The van der Waals surface area contributed by atoms with Crippen LogP contribution in [0.2, 0.25) is 0 Å². The first-order chi connectivity index (χ1) is 6.69. The lowest BCUT2D eigenvalue weighted by Gasteiger charge is -2.13. The normalized spacial score (nSPS) is 14.9. The van der Waals surface area contributed by atoms with Gasteiger partial charge in [0.15, 0.2) is 5.94 Å². The largest absolute Gasteiger partial charge is 0.461 e. The summed E-state index contributed by atoms with van der Waals surface area (Å²) < 4.78 is 5.33. The summed E-state index contributed by atoms with van der Waals surface area (Å²) in [6, 6.07) is 0. The molecule has 5 heteroatoms. The average molecular weight is 258 g/mol. The molecule has 0 spiro atoms. The molecule has 1 heterocycles. The molecule has 4 nitrogen and oxygen atoms in total. The van der Waals surface area contributed by atoms with Crippen molar-refractivity contribution in [3.8, 4) is 0 Å². The third-order valence-corrected chi connectivity index (χ3v) is 2.15. The molecule has 74 valence electrons. The van der Waals surface area contributed by atoms with Crippen molar-refractivity contribution < 1.29 is 14.3 Å². The minimum absolute atomic E-state index is 0.205. The molecule has 1 aliphatic rings. The third-order valence-electron chi connectivity index (χ3n) is 1.48. The molecule has 0 fully saturated rings. The number of esters is 1. The van der Waals surface area contributed by atoms with Crippen molar-refractivity contribution in [3.05, 3.63) is 28.0 Å². The van der Waals surface area contributed by atoms with Crippen molar-refractivity contribution in [1.82, 2.24) is 5.32 Å². The van der Waals surface area contributed by atoms with Crippen molar-refractivity contribution in [3.63, 3.8) is 0 Å². The molecule has 0 atom stereocenters. The molecule has 0 aliphatic carbocycles. The third kappa shape index (κ3) is 2.34. The Labute approximate surface area is 89.4 Å². The monoisotopic (exact) mass is 257 g/mol. The SMILES string of the molecule is CCOC(=O)C1=C(Br)C=CC(=C=O)N1. The number of ether oxygens (including phenoxy) is 1. The van der Waals surface area contributed by atoms with Crippen LogP contribution in [0.15, 0.2) is 28.0 Å². The summed E-state index contributed by atoms with van der Waals surface area (Å²) in [5.74, 6) is 1.15. The van der Waals surface area contributed by atoms with Gasteiger partial charge in [-0.15, -0.1) is 0 Å². The smallest absolute Gasteiger partial charge is 0.355 e. The molecule has 0 radical (unpaired) electrons. The van der Waals surface area contributed by atoms with Gasteiger partial charge in [0.1, 0.15) is 11.4 Å². The number of nitrogens with one attached hydrogen (secondary N) is 1. The molecule has 1 N–H and O–H groups in total. The topological polar surface area (TPSA) is 55.4 Å². The van der Waals surface area contributed by atoms with Crippen LogP contribution in [-0.4, -0.2) is 18.5 Å². The van der Waals surface area contributed by atoms with E-state index in [0.717, 1.165) is 0 Å². The Kier molecular flexibility index (Phi) is 3.68. The highest BCUT2D eigenvalue weighted by molar-refractivity contribution is 9.11. The molecule has 0 aromatic rings. The number of rotatable bonds is 2. The highest BCUT2D eigenvalue weighted by Crippen LogP contribution is 2.18. The van der Waals surface area contributed by atoms with E-state index in [-0.39, 0.29) is 18.0 Å². The van der Waals surface area contributed by atoms with Crippen LogP contribution >= 0.6 is 15.9 Å². The van der Waals surface area contributed by atoms with Gasteiger partial charge in [-0.25, -0.2) is 9.59 Å². The zero-order valence-corrected chi connectivity index (χ0v) is 9.05. The Bertz CT molecular complexity index is 364. The van der Waals surface area contributed by atoms with Gasteiger partial charge < -0.3 is 10.1 Å². The van der Waals surface area contributed by atoms with Gasteiger partial charge in [-0.3, -0.25) is 0 Å². The van der Waals surface area contributed by atoms with Crippen LogP contribution < -0.4 is 5.32 Å². The van der Waals surface area contributed by atoms with Gasteiger partial charge in [0, 0.05) is 4.48 Å². The predicted octanol–water partition coefficient (Wildman–Crippen LogP) is 1.03. The molecule has 1 aliphatic heterocycles. The van der Waals surface area contributed by atoms with Crippen molar-refractivity contribution in [2.75, 3.05) is 6.61 Å². The van der Waals surface area contributed by atoms with Crippen molar-refractivity contribution in [2.24, 2.45) is 0 Å². The number of dihydropyridines is 1. The standard InChI is InChI=1S/C9H8BrNO3/c1-2-14-9(13)8-7(10)4-3-6(5-12)11-8/h3-4,11H,2H2,1H3. The van der Waals surface area contributed by atoms with Crippen molar-refractivity contribution >= 4 is 27.8 Å². The van der Waals surface area contributed by atoms with Crippen LogP contribution in [0.1, 0.15) is 6.92 Å². The first-order valence-corrected chi connectivity index (χ1v) is 4.75. The van der Waals surface area contributed by atoms with Crippen LogP contribution in [0.4, 0.5) is 0 Å². The molecule has 14 heavy (non-hydrogen) atoms. The van der Waals surface area contributed by atoms with Gasteiger partial charge in [-0.05, 0) is 35.0 Å². The van der Waals surface area contributed by atoms with E-state index in [0.29, 0.717) is 4.48 Å². The van der Waals surface area contributed by atoms with E-state index < -0.39 is 5.97 Å². The Hall–Kier alpha value is -1.32. The van der Waals surface area contributed by atoms with Crippen molar-refractivity contribution in [2.45, 2.75) is 6.92 Å². The van der Waals surface area contributed by atoms with E-state index in [4.69, 9.17) is 4.74 Å². The number of halogens is 1. The second kappa shape index (κ2) is 4.79. The highest BCUT2D eigenvalue weighted by atomic mass is 79.9. The van der Waals surface area contributed by atoms with Crippen LogP contribution in [0.25, 0.3) is 0 Å². The highest BCUT2D eigenvalue weighted by Gasteiger charge is 2.17. The zero-order chi connectivity index (χ0) is 10.6. The number of allylic oxidation sites excluding steroid dienone is 3. The van der Waals surface area contributed by atoms with Crippen LogP contribution in [0.3, 0.4) is 0 Å². The number of hydrogen-bond donors (Lipinski definition) is 1. The summed E-state index contributed by atoms with van der Waals surface area (Å²) in [7, 11) is 0. The van der Waals surface area contributed by atoms with Gasteiger partial charge in [0.25, 0.3) is 0 Å². The summed E-state index contributed by atoms with van der Waals surface area (Å²) >= 11 is 3.17. The lowest BCUT2D eigenvalue weighted by Crippen LogP contribution is -2.24. The summed E-state index contributed by atoms with van der Waals surface area (Å²) in [4.78, 5) is 21.6. The summed E-state index contributed by atoms with van der Waals surface area (Å²) in [5.41, 5.74) is 0.420. The number of carbonyl (C=O) groups excluding carboxylic acids is 2. The number of hydrogen-bond acceptors (Lipinski definition) is 4. The molecular formula is C9H8BrNO3. The van der Waals surface area contributed by atoms with Crippen LogP contribution in [-0.2, 0) is 14.3 Å². The maximum Gasteiger partial charge on any atom is 0.355 e. The van der Waals surface area contributed by atoms with Crippen LogP contribution in [0, 0.1) is 0 Å². The first kappa shape index (κ1) is 10.8. The van der Waals surface area contributed by atoms with E-state index in [1.165, 1.54) is 6.08 Å². The fourth-order valence-electron chi connectivity index (χ4n) is 0.887. The quantitative estimate of drug-likeness (QED) is 0.593. The molecule has 0 bridgehead atoms. The second-order valence-corrected chi connectivity index (χ2v) is 3.27. The van der Waals surface area contributed by atoms with E-state index in [1.54, 1.807) is 18.9 Å². The minimum atomic E-state index is -0.503. The van der Waals surface area contributed by atoms with Crippen molar-refractivity contribution in [1.29, 1.82) is 0 Å². The van der Waals surface area contributed by atoms with Crippen LogP contribution in [0.5, 0.6) is 0 Å². The van der Waals surface area contributed by atoms with E-state index in [9.17, 15) is 9.59 Å². The zero-order valence-electron chi connectivity index (χ0n) is 7.46. The lowest BCUT2D eigenvalue weighted by atomic mass is 10.2. The summed E-state index contributed by atoms with van der Waals surface area (Å²) in [6.07, 6.45) is 3.10. The summed E-state index contributed by atoms with van der Waals surface area (Å²) in [6.45, 7) is 2.00. The van der Waals surface area contributed by atoms with Gasteiger partial charge in [0.2, 0.25) is 0 Å².